The number of para-hydroxylation sites is 1. The van der Waals surface area contributed by atoms with Gasteiger partial charge in [0.2, 0.25) is 0 Å². The van der Waals surface area contributed by atoms with E-state index < -0.39 is 0 Å². The van der Waals surface area contributed by atoms with Gasteiger partial charge in [-0.25, -0.2) is 0 Å². The van der Waals surface area contributed by atoms with Crippen LogP contribution >= 0.6 is 11.8 Å². The summed E-state index contributed by atoms with van der Waals surface area (Å²) < 4.78 is 6.10. The lowest BCUT2D eigenvalue weighted by molar-refractivity contribution is 0.403. The first kappa shape index (κ1) is 14.0. The molecule has 3 heteroatoms. The largest absolute Gasteiger partial charge is 0.459 e. The van der Waals surface area contributed by atoms with Crippen LogP contribution in [0.3, 0.4) is 0 Å². The maximum Gasteiger partial charge on any atom is 0.134 e. The van der Waals surface area contributed by atoms with E-state index in [1.165, 1.54) is 30.4 Å². The molecule has 1 aromatic heterocycles. The average molecular weight is 289 g/mol. The molecule has 0 spiro atoms. The Bertz CT molecular complexity index is 512. The van der Waals surface area contributed by atoms with E-state index >= 15 is 0 Å². The third-order valence-electron chi connectivity index (χ3n) is 3.95. The lowest BCUT2D eigenvalue weighted by Gasteiger charge is -2.29. The zero-order valence-electron chi connectivity index (χ0n) is 12.1. The third kappa shape index (κ3) is 3.04. The fourth-order valence-electron chi connectivity index (χ4n) is 2.90. The maximum absolute atomic E-state index is 6.10. The van der Waals surface area contributed by atoms with Crippen LogP contribution < -0.4 is 5.32 Å². The van der Waals surface area contributed by atoms with Crippen LogP contribution in [0.25, 0.3) is 11.0 Å². The third-order valence-corrected chi connectivity index (χ3v) is 5.41. The first-order valence-electron chi connectivity index (χ1n) is 7.72. The highest BCUT2D eigenvalue weighted by molar-refractivity contribution is 8.00. The summed E-state index contributed by atoms with van der Waals surface area (Å²) in [5.41, 5.74) is 1.01. The highest BCUT2D eigenvalue weighted by Gasteiger charge is 2.27. The van der Waals surface area contributed by atoms with Crippen LogP contribution in [0.4, 0.5) is 0 Å². The van der Waals surface area contributed by atoms with E-state index in [-0.39, 0.29) is 0 Å². The Hall–Kier alpha value is -0.930. The Morgan fingerprint density at radius 3 is 3.00 bits per heavy atom. The van der Waals surface area contributed by atoms with Gasteiger partial charge >= 0.3 is 0 Å². The maximum atomic E-state index is 6.10. The molecule has 1 aliphatic heterocycles. The molecular formula is C17H23NOS. The minimum absolute atomic E-state index is 0.354. The number of hydrogen-bond acceptors (Lipinski definition) is 3. The second kappa shape index (κ2) is 6.68. The van der Waals surface area contributed by atoms with E-state index in [0.29, 0.717) is 11.3 Å². The van der Waals surface area contributed by atoms with Crippen LogP contribution in [-0.4, -0.2) is 17.5 Å². The fraction of sp³-hybridized carbons (Fsp3) is 0.529. The number of thioether (sulfide) groups is 1. The number of rotatable bonds is 5. The summed E-state index contributed by atoms with van der Waals surface area (Å²) in [6.45, 7) is 3.27. The smallest absolute Gasteiger partial charge is 0.134 e. The second-order valence-electron chi connectivity index (χ2n) is 5.52. The zero-order chi connectivity index (χ0) is 13.8. The molecule has 1 saturated heterocycles. The standard InChI is InChI=1S/C17H23NOS/c1-2-10-18-17(16-9-5-6-11-20-16)15-12-13-7-3-4-8-14(13)19-15/h3-4,7-8,12,16-18H,2,5-6,9-11H2,1H3. The topological polar surface area (TPSA) is 25.2 Å². The molecule has 2 aromatic rings. The predicted octanol–water partition coefficient (Wildman–Crippen LogP) is 4.76. The lowest BCUT2D eigenvalue weighted by Crippen LogP contribution is -2.32. The molecule has 2 atom stereocenters. The molecule has 1 aliphatic rings. The van der Waals surface area contributed by atoms with Crippen molar-refractivity contribution in [3.63, 3.8) is 0 Å². The van der Waals surface area contributed by atoms with Crippen LogP contribution in [0.1, 0.15) is 44.4 Å². The highest BCUT2D eigenvalue weighted by atomic mass is 32.2. The van der Waals surface area contributed by atoms with E-state index in [1.807, 2.05) is 6.07 Å². The summed E-state index contributed by atoms with van der Waals surface area (Å²) >= 11 is 2.10. The van der Waals surface area contributed by atoms with Crippen molar-refractivity contribution in [2.75, 3.05) is 12.3 Å². The van der Waals surface area contributed by atoms with Crippen LogP contribution in [0.5, 0.6) is 0 Å². The summed E-state index contributed by atoms with van der Waals surface area (Å²) in [6, 6.07) is 10.9. The van der Waals surface area contributed by atoms with Crippen molar-refractivity contribution in [2.45, 2.75) is 43.9 Å². The average Bonchev–Trinajstić information content (AvgIpc) is 2.92. The van der Waals surface area contributed by atoms with E-state index in [9.17, 15) is 0 Å². The predicted molar refractivity (Wildman–Crippen MR) is 87.3 cm³/mol. The zero-order valence-corrected chi connectivity index (χ0v) is 12.9. The Labute approximate surface area is 125 Å². The second-order valence-corrected chi connectivity index (χ2v) is 6.87. The van der Waals surface area contributed by atoms with Crippen molar-refractivity contribution >= 4 is 22.7 Å². The van der Waals surface area contributed by atoms with Crippen molar-refractivity contribution in [3.05, 3.63) is 36.1 Å². The van der Waals surface area contributed by atoms with E-state index in [1.54, 1.807) is 0 Å². The monoisotopic (exact) mass is 289 g/mol. The minimum Gasteiger partial charge on any atom is -0.459 e. The minimum atomic E-state index is 0.354. The van der Waals surface area contributed by atoms with Gasteiger partial charge in [0, 0.05) is 10.6 Å². The van der Waals surface area contributed by atoms with Gasteiger partial charge in [-0.1, -0.05) is 31.5 Å². The number of fused-ring (bicyclic) bond motifs is 1. The van der Waals surface area contributed by atoms with Crippen LogP contribution in [0, 0.1) is 0 Å². The first-order valence-corrected chi connectivity index (χ1v) is 8.77. The molecule has 0 amide bonds. The van der Waals surface area contributed by atoms with Crippen molar-refractivity contribution < 1.29 is 4.42 Å². The van der Waals surface area contributed by atoms with E-state index in [2.05, 4.69) is 48.3 Å². The molecular weight excluding hydrogens is 266 g/mol. The van der Waals surface area contributed by atoms with Gasteiger partial charge in [0.25, 0.3) is 0 Å². The van der Waals surface area contributed by atoms with Crippen molar-refractivity contribution in [1.82, 2.24) is 5.32 Å². The molecule has 3 rings (SSSR count). The summed E-state index contributed by atoms with van der Waals surface area (Å²) in [6.07, 6.45) is 5.17. The molecule has 0 aliphatic carbocycles. The van der Waals surface area contributed by atoms with Gasteiger partial charge in [0.05, 0.1) is 6.04 Å². The molecule has 0 saturated carbocycles. The van der Waals surface area contributed by atoms with Crippen LogP contribution in [-0.2, 0) is 0 Å². The molecule has 1 aromatic carbocycles. The van der Waals surface area contributed by atoms with Gasteiger partial charge in [-0.15, -0.1) is 0 Å². The summed E-state index contributed by atoms with van der Waals surface area (Å²) in [5.74, 6) is 2.40. The van der Waals surface area contributed by atoms with Gasteiger partial charge in [-0.2, -0.15) is 11.8 Å². The molecule has 0 radical (unpaired) electrons. The molecule has 2 nitrogen and oxygen atoms in total. The Morgan fingerprint density at radius 2 is 2.25 bits per heavy atom. The SMILES string of the molecule is CCCNC(c1cc2ccccc2o1)C1CCCCS1. The summed E-state index contributed by atoms with van der Waals surface area (Å²) in [4.78, 5) is 0. The van der Waals surface area contributed by atoms with Gasteiger partial charge < -0.3 is 9.73 Å². The Kier molecular flexibility index (Phi) is 4.69. The first-order chi connectivity index (χ1) is 9.88. The van der Waals surface area contributed by atoms with Gasteiger partial charge in [0.1, 0.15) is 11.3 Å². The molecule has 0 bridgehead atoms. The molecule has 108 valence electrons. The Morgan fingerprint density at radius 1 is 1.35 bits per heavy atom. The molecule has 2 unspecified atom stereocenters. The van der Waals surface area contributed by atoms with Crippen LogP contribution in [0.2, 0.25) is 0 Å². The van der Waals surface area contributed by atoms with Crippen LogP contribution in [0.15, 0.2) is 34.7 Å². The van der Waals surface area contributed by atoms with E-state index in [0.717, 1.165) is 24.3 Å². The highest BCUT2D eigenvalue weighted by Crippen LogP contribution is 2.36. The fourth-order valence-corrected chi connectivity index (χ4v) is 4.33. The van der Waals surface area contributed by atoms with E-state index in [4.69, 9.17) is 4.42 Å². The quantitative estimate of drug-likeness (QED) is 0.859. The van der Waals surface area contributed by atoms with Gasteiger partial charge in [-0.05, 0) is 43.7 Å². The summed E-state index contributed by atoms with van der Waals surface area (Å²) in [7, 11) is 0. The number of benzene rings is 1. The van der Waals surface area contributed by atoms with Gasteiger partial charge in [-0.3, -0.25) is 0 Å². The number of furan rings is 1. The Balaban J connectivity index is 1.86. The number of nitrogens with one attached hydrogen (secondary N) is 1. The normalized spacial score (nSPS) is 21.1. The molecule has 20 heavy (non-hydrogen) atoms. The van der Waals surface area contributed by atoms with Crippen molar-refractivity contribution in [1.29, 1.82) is 0 Å². The van der Waals surface area contributed by atoms with Gasteiger partial charge in [0.15, 0.2) is 0 Å². The lowest BCUT2D eigenvalue weighted by atomic mass is 10.0. The molecule has 2 heterocycles. The van der Waals surface area contributed by atoms with Crippen molar-refractivity contribution in [2.24, 2.45) is 0 Å². The number of hydrogen-bond donors (Lipinski definition) is 1. The van der Waals surface area contributed by atoms with Crippen molar-refractivity contribution in [3.8, 4) is 0 Å². The molecule has 1 N–H and O–H groups in total. The molecule has 1 fully saturated rings. The summed E-state index contributed by atoms with van der Waals surface area (Å²) in [5, 5.41) is 5.57.